The van der Waals surface area contributed by atoms with Crippen molar-refractivity contribution in [2.75, 3.05) is 0 Å². The summed E-state index contributed by atoms with van der Waals surface area (Å²) >= 11 is 36.2. The van der Waals surface area contributed by atoms with Crippen LogP contribution in [0.15, 0.2) is 46.6 Å². The van der Waals surface area contributed by atoms with Crippen LogP contribution < -0.4 is 18.9 Å². The van der Waals surface area contributed by atoms with Crippen molar-refractivity contribution in [3.63, 3.8) is 0 Å². The third kappa shape index (κ3) is 7.84. The van der Waals surface area contributed by atoms with E-state index in [0.717, 1.165) is 24.3 Å². The first-order valence-corrected chi connectivity index (χ1v) is 18.0. The number of carbonyl (C=O) groups excluding carboxylic acids is 4. The van der Waals surface area contributed by atoms with Crippen LogP contribution in [0.2, 0.25) is 30.1 Å². The number of fused-ring (bicyclic) bond motifs is 1. The lowest BCUT2D eigenvalue weighted by molar-refractivity contribution is -0.137. The molecule has 7 rings (SSSR count). The molecule has 0 saturated carbocycles. The van der Waals surface area contributed by atoms with Gasteiger partial charge in [-0.25, -0.2) is 45.5 Å². The van der Waals surface area contributed by atoms with Gasteiger partial charge in [-0.1, -0.05) is 69.6 Å². The number of esters is 4. The average molecular weight is 973 g/mol. The summed E-state index contributed by atoms with van der Waals surface area (Å²) in [5, 5.41) is -1.64. The van der Waals surface area contributed by atoms with Gasteiger partial charge in [0.15, 0.2) is 11.5 Å². The maximum absolute atomic E-state index is 14.8. The quantitative estimate of drug-likeness (QED) is 0.0565. The van der Waals surface area contributed by atoms with Gasteiger partial charge in [0.05, 0.1) is 52.4 Å². The van der Waals surface area contributed by atoms with Gasteiger partial charge < -0.3 is 18.9 Å². The SMILES string of the molecule is O=C(Oc1cc(Cl)c(Cl)cc1Cl)C1=C(C(=O)Oc2cc(Cl)c(Cl)cc2Cl)[C@@H]2CC[C@H]1C(C(=O)Oc1c(F)c(F)c(F)c(F)c1F)=C2C(=O)Oc1c(F)c(F)c(F)c(F)c1F. The fourth-order valence-corrected chi connectivity index (χ4v) is 7.23. The Morgan fingerprint density at radius 3 is 0.883 bits per heavy atom. The number of hydrogen-bond donors (Lipinski definition) is 0. The van der Waals surface area contributed by atoms with Gasteiger partial charge >= 0.3 is 23.9 Å². The van der Waals surface area contributed by atoms with Crippen LogP contribution in [0.5, 0.6) is 23.0 Å². The van der Waals surface area contributed by atoms with Crippen molar-refractivity contribution < 1.29 is 82.0 Å². The Balaban J connectivity index is 1.58. The van der Waals surface area contributed by atoms with E-state index in [4.69, 9.17) is 79.1 Å². The van der Waals surface area contributed by atoms with Crippen molar-refractivity contribution in [3.8, 4) is 23.0 Å². The molecule has 8 nitrogen and oxygen atoms in total. The van der Waals surface area contributed by atoms with E-state index in [1.54, 1.807) is 0 Å². The standard InChI is InChI=1S/C36H10Cl6F10O8/c37-9-3-13(41)15(5-11(9)39)57-33(53)17-7-1-2-8(18(17)34(54)58-16-6-12(40)10(38)4-14(16)42)20(36(56)60-32-29(51)25(47)22(44)26(48)30(32)52)19(7)35(55)59-31-27(49)23(45)21(43)24(46)28(31)50/h3-8H,1-2H2/t7-,8+. The Kier molecular flexibility index (Phi) is 12.7. The predicted molar refractivity (Wildman–Crippen MR) is 188 cm³/mol. The zero-order chi connectivity index (χ0) is 44.4. The second kappa shape index (κ2) is 17.0. The molecule has 0 unspecified atom stereocenters. The van der Waals surface area contributed by atoms with E-state index >= 15 is 0 Å². The highest BCUT2D eigenvalue weighted by atomic mass is 35.5. The zero-order valence-corrected chi connectivity index (χ0v) is 32.7. The van der Waals surface area contributed by atoms with Crippen molar-refractivity contribution in [2.24, 2.45) is 11.8 Å². The third-order valence-electron chi connectivity index (χ3n) is 8.68. The van der Waals surface area contributed by atoms with E-state index in [9.17, 15) is 63.1 Å². The normalized spacial score (nSPS) is 16.0. The molecular weight excluding hydrogens is 963 g/mol. The van der Waals surface area contributed by atoms with Crippen molar-refractivity contribution in [1.29, 1.82) is 0 Å². The molecule has 0 saturated heterocycles. The molecule has 0 N–H and O–H groups in total. The van der Waals surface area contributed by atoms with E-state index in [0.29, 0.717) is 0 Å². The summed E-state index contributed by atoms with van der Waals surface area (Å²) in [6.07, 6.45) is -1.18. The van der Waals surface area contributed by atoms with Crippen LogP contribution in [-0.2, 0) is 19.2 Å². The number of carbonyl (C=O) groups is 4. The predicted octanol–water partition coefficient (Wildman–Crippen LogP) is 11.4. The molecular formula is C36H10Cl6F10O8. The van der Waals surface area contributed by atoms with Crippen molar-refractivity contribution >= 4 is 93.5 Å². The maximum Gasteiger partial charge on any atom is 0.340 e. The van der Waals surface area contributed by atoms with Gasteiger partial charge in [-0.2, -0.15) is 17.6 Å². The minimum Gasteiger partial charge on any atom is -0.421 e. The molecule has 0 heterocycles. The Hall–Kier alpha value is -4.72. The molecule has 0 aliphatic heterocycles. The summed E-state index contributed by atoms with van der Waals surface area (Å²) in [4.78, 5) is 56.0. The van der Waals surface area contributed by atoms with E-state index in [-0.39, 0.29) is 20.1 Å². The van der Waals surface area contributed by atoms with Gasteiger partial charge in [0.1, 0.15) is 0 Å². The number of hydrogen-bond acceptors (Lipinski definition) is 8. The Morgan fingerprint density at radius 2 is 0.600 bits per heavy atom. The maximum atomic E-state index is 14.8. The summed E-state index contributed by atoms with van der Waals surface area (Å²) in [5.74, 6) is -44.6. The molecule has 0 spiro atoms. The second-order valence-electron chi connectivity index (χ2n) is 12.1. The van der Waals surface area contributed by atoms with E-state index in [1.807, 2.05) is 0 Å². The number of rotatable bonds is 8. The van der Waals surface area contributed by atoms with Crippen LogP contribution in [0.4, 0.5) is 43.9 Å². The average Bonchev–Trinajstić information content (AvgIpc) is 3.21. The molecule has 0 fully saturated rings. The largest absolute Gasteiger partial charge is 0.421 e. The zero-order valence-electron chi connectivity index (χ0n) is 28.2. The van der Waals surface area contributed by atoms with Gasteiger partial charge in [-0.3, -0.25) is 0 Å². The van der Waals surface area contributed by atoms with Gasteiger partial charge in [0.2, 0.25) is 69.7 Å². The van der Waals surface area contributed by atoms with Crippen molar-refractivity contribution in [2.45, 2.75) is 12.8 Å². The molecule has 4 aromatic rings. The molecule has 4 aromatic carbocycles. The molecule has 2 atom stereocenters. The molecule has 60 heavy (non-hydrogen) atoms. The van der Waals surface area contributed by atoms with Crippen LogP contribution in [0, 0.1) is 70.0 Å². The van der Waals surface area contributed by atoms with Gasteiger partial charge in [-0.05, 0) is 25.0 Å². The Labute approximate surface area is 356 Å². The summed E-state index contributed by atoms with van der Waals surface area (Å²) in [7, 11) is 0. The monoisotopic (exact) mass is 970 g/mol. The molecule has 2 bridgehead atoms. The lowest BCUT2D eigenvalue weighted by Crippen LogP contribution is -2.43. The molecule has 0 aromatic heterocycles. The van der Waals surface area contributed by atoms with Gasteiger partial charge in [0.25, 0.3) is 0 Å². The second-order valence-corrected chi connectivity index (χ2v) is 14.5. The Bertz CT molecular complexity index is 2460. The minimum absolute atomic E-state index is 0.154. The summed E-state index contributed by atoms with van der Waals surface area (Å²) in [5.41, 5.74) is -4.65. The smallest absolute Gasteiger partial charge is 0.340 e. The van der Waals surface area contributed by atoms with Crippen LogP contribution in [-0.4, -0.2) is 23.9 Å². The molecule has 314 valence electrons. The number of benzene rings is 4. The Morgan fingerprint density at radius 1 is 0.367 bits per heavy atom. The molecule has 0 amide bonds. The fourth-order valence-electron chi connectivity index (χ4n) is 6.08. The lowest BCUT2D eigenvalue weighted by Gasteiger charge is -2.39. The first kappa shape index (κ1) is 44.8. The van der Waals surface area contributed by atoms with E-state index < -0.39 is 162 Å². The van der Waals surface area contributed by atoms with Gasteiger partial charge in [0, 0.05) is 24.0 Å². The highest BCUT2D eigenvalue weighted by Gasteiger charge is 2.53. The topological polar surface area (TPSA) is 105 Å². The van der Waals surface area contributed by atoms with Crippen LogP contribution >= 0.6 is 69.6 Å². The van der Waals surface area contributed by atoms with Crippen LogP contribution in [0.1, 0.15) is 12.8 Å². The highest BCUT2D eigenvalue weighted by Crippen LogP contribution is 2.51. The van der Waals surface area contributed by atoms with Crippen molar-refractivity contribution in [1.82, 2.24) is 0 Å². The molecule has 0 radical (unpaired) electrons. The molecule has 3 aliphatic rings. The number of ether oxygens (including phenoxy) is 4. The highest BCUT2D eigenvalue weighted by molar-refractivity contribution is 6.44. The van der Waals surface area contributed by atoms with Crippen molar-refractivity contribution in [3.05, 3.63) is 135 Å². The summed E-state index contributed by atoms with van der Waals surface area (Å²) < 4.78 is 163. The van der Waals surface area contributed by atoms with E-state index in [2.05, 4.69) is 9.47 Å². The number of halogens is 16. The van der Waals surface area contributed by atoms with Crippen LogP contribution in [0.25, 0.3) is 0 Å². The third-order valence-corrected chi connectivity index (χ3v) is 10.7. The first-order chi connectivity index (χ1) is 28.1. The summed E-state index contributed by atoms with van der Waals surface area (Å²) in [6, 6.07) is 3.80. The van der Waals surface area contributed by atoms with Crippen LogP contribution in [0.3, 0.4) is 0 Å². The van der Waals surface area contributed by atoms with Gasteiger partial charge in [-0.15, -0.1) is 0 Å². The first-order valence-electron chi connectivity index (χ1n) is 15.8. The minimum atomic E-state index is -2.71. The molecule has 3 aliphatic carbocycles. The summed E-state index contributed by atoms with van der Waals surface area (Å²) in [6.45, 7) is 0. The lowest BCUT2D eigenvalue weighted by atomic mass is 9.63. The fraction of sp³-hybridized carbons (Fsp3) is 0.111. The van der Waals surface area contributed by atoms with E-state index in [1.165, 1.54) is 0 Å². The molecule has 24 heteroatoms.